The van der Waals surface area contributed by atoms with Crippen LogP contribution in [0.2, 0.25) is 0 Å². The van der Waals surface area contributed by atoms with Crippen molar-refractivity contribution in [3.05, 3.63) is 10.4 Å². The van der Waals surface area contributed by atoms with Gasteiger partial charge in [-0.1, -0.05) is 5.11 Å². The Labute approximate surface area is 129 Å². The monoisotopic (exact) mass is 334 g/mol. The maximum atomic E-state index is 11.2. The van der Waals surface area contributed by atoms with Gasteiger partial charge in [-0.15, -0.1) is 0 Å². The molecule has 0 aromatic carbocycles. The maximum absolute atomic E-state index is 11.2. The average molecular weight is 334 g/mol. The van der Waals surface area contributed by atoms with E-state index in [2.05, 4.69) is 15.3 Å². The molecule has 1 aliphatic heterocycles. The minimum Gasteiger partial charge on any atom is -0.477 e. The molecular weight excluding hydrogens is 316 g/mol. The van der Waals surface area contributed by atoms with Gasteiger partial charge in [-0.25, -0.2) is 4.79 Å². The largest absolute Gasteiger partial charge is 0.477 e. The molecule has 1 rings (SSSR count). The van der Waals surface area contributed by atoms with Crippen molar-refractivity contribution >= 4 is 11.9 Å². The summed E-state index contributed by atoms with van der Waals surface area (Å²) in [4.78, 5) is 24.7. The fraction of sp³-hybridized carbons (Fsp3) is 0.818. The highest BCUT2D eigenvalue weighted by Gasteiger charge is 2.53. The molecule has 6 atom stereocenters. The van der Waals surface area contributed by atoms with Gasteiger partial charge in [0.05, 0.1) is 24.8 Å². The van der Waals surface area contributed by atoms with E-state index in [4.69, 9.17) is 15.4 Å². The number of carbonyl (C=O) groups excluding carboxylic acids is 1. The average Bonchev–Trinajstić information content (AvgIpc) is 2.46. The zero-order valence-corrected chi connectivity index (χ0v) is 12.1. The number of hydrogen-bond donors (Lipinski definition) is 6. The molecule has 130 valence electrons. The Hall–Kier alpha value is -1.95. The number of aliphatic hydroxyl groups is 4. The van der Waals surface area contributed by atoms with Crippen LogP contribution in [0.1, 0.15) is 13.3 Å². The van der Waals surface area contributed by atoms with Crippen LogP contribution in [0.25, 0.3) is 10.4 Å². The second-order valence-electron chi connectivity index (χ2n) is 5.14. The Balaban J connectivity index is 3.08. The molecule has 6 N–H and O–H groups in total. The zero-order chi connectivity index (χ0) is 17.8. The van der Waals surface area contributed by atoms with Gasteiger partial charge >= 0.3 is 5.97 Å². The Morgan fingerprint density at radius 2 is 2.13 bits per heavy atom. The number of carbonyl (C=O) groups is 2. The first-order valence-corrected chi connectivity index (χ1v) is 6.58. The first kappa shape index (κ1) is 19.1. The second-order valence-corrected chi connectivity index (χ2v) is 5.14. The summed E-state index contributed by atoms with van der Waals surface area (Å²) in [6.45, 7) is 0.552. The van der Waals surface area contributed by atoms with Crippen LogP contribution in [0.3, 0.4) is 0 Å². The molecule has 1 fully saturated rings. The van der Waals surface area contributed by atoms with Crippen LogP contribution in [0.4, 0.5) is 0 Å². The summed E-state index contributed by atoms with van der Waals surface area (Å²) >= 11 is 0. The highest BCUT2D eigenvalue weighted by molar-refractivity contribution is 5.76. The number of nitrogens with one attached hydrogen (secondary N) is 1. The molecule has 12 heteroatoms. The van der Waals surface area contributed by atoms with E-state index in [0.29, 0.717) is 0 Å². The summed E-state index contributed by atoms with van der Waals surface area (Å²) in [5.74, 6) is -5.22. The molecule has 0 radical (unpaired) electrons. The van der Waals surface area contributed by atoms with E-state index >= 15 is 0 Å². The van der Waals surface area contributed by atoms with E-state index in [1.54, 1.807) is 0 Å². The summed E-state index contributed by atoms with van der Waals surface area (Å²) in [7, 11) is 0. The van der Waals surface area contributed by atoms with Crippen molar-refractivity contribution in [1.82, 2.24) is 5.32 Å². The standard InChI is InChI=1S/C11H18N4O8/c1-4(16)14-7-5(17)2-11(22,10(20)21)23-9(7)8(19)6(18)3-13-15-12/h5-9,17-19,22H,2-3H2,1H3,(H,14,16)(H,20,21)/t5-,6+,7+,8+,9+,11+/m0/s1. The quantitative estimate of drug-likeness (QED) is 0.173. The lowest BCUT2D eigenvalue weighted by Crippen LogP contribution is -2.67. The number of rotatable bonds is 6. The van der Waals surface area contributed by atoms with Gasteiger partial charge in [0.1, 0.15) is 12.2 Å². The fourth-order valence-electron chi connectivity index (χ4n) is 2.26. The lowest BCUT2D eigenvalue weighted by atomic mass is 9.88. The van der Waals surface area contributed by atoms with Gasteiger partial charge in [0.25, 0.3) is 5.79 Å². The summed E-state index contributed by atoms with van der Waals surface area (Å²) in [5.41, 5.74) is 8.20. The minimum absolute atomic E-state index is 0.564. The van der Waals surface area contributed by atoms with Gasteiger partial charge in [0.2, 0.25) is 5.91 Å². The minimum atomic E-state index is -2.81. The number of carboxylic acid groups (broad SMARTS) is 1. The Morgan fingerprint density at radius 3 is 2.61 bits per heavy atom. The van der Waals surface area contributed by atoms with Gasteiger partial charge in [0.15, 0.2) is 0 Å². The molecule has 1 heterocycles. The highest BCUT2D eigenvalue weighted by Crippen LogP contribution is 2.30. The predicted octanol–water partition coefficient (Wildman–Crippen LogP) is -2.55. The number of aliphatic hydroxyl groups excluding tert-OH is 3. The Morgan fingerprint density at radius 1 is 1.52 bits per heavy atom. The molecule has 0 spiro atoms. The van der Waals surface area contributed by atoms with Gasteiger partial charge in [-0.2, -0.15) is 0 Å². The molecule has 12 nitrogen and oxygen atoms in total. The van der Waals surface area contributed by atoms with Crippen LogP contribution < -0.4 is 5.32 Å². The van der Waals surface area contributed by atoms with E-state index in [0.717, 1.165) is 6.92 Å². The number of hydrogen-bond acceptors (Lipinski definition) is 8. The Bertz CT molecular complexity index is 510. The van der Waals surface area contributed by atoms with Crippen LogP contribution >= 0.6 is 0 Å². The van der Waals surface area contributed by atoms with Crippen molar-refractivity contribution in [3.63, 3.8) is 0 Å². The van der Waals surface area contributed by atoms with E-state index in [1.807, 2.05) is 0 Å². The summed E-state index contributed by atoms with van der Waals surface area (Å²) in [5, 5.41) is 53.9. The van der Waals surface area contributed by atoms with E-state index < -0.39 is 61.1 Å². The van der Waals surface area contributed by atoms with E-state index in [-0.39, 0.29) is 0 Å². The van der Waals surface area contributed by atoms with Gasteiger partial charge in [-0.3, -0.25) is 4.79 Å². The number of azide groups is 1. The third-order valence-electron chi connectivity index (χ3n) is 3.35. The molecule has 0 bridgehead atoms. The van der Waals surface area contributed by atoms with Gasteiger partial charge in [-0.05, 0) is 5.53 Å². The molecular formula is C11H18N4O8. The molecule has 1 saturated heterocycles. The summed E-state index contributed by atoms with van der Waals surface area (Å²) in [6.07, 6.45) is -7.51. The normalized spacial score (nSPS) is 33.2. The van der Waals surface area contributed by atoms with Gasteiger partial charge < -0.3 is 35.6 Å². The lowest BCUT2D eigenvalue weighted by molar-refractivity contribution is -0.294. The van der Waals surface area contributed by atoms with Crippen LogP contribution in [0, 0.1) is 0 Å². The first-order chi connectivity index (χ1) is 10.6. The molecule has 0 aliphatic carbocycles. The van der Waals surface area contributed by atoms with Crippen LogP contribution in [-0.2, 0) is 14.3 Å². The molecule has 0 aromatic heterocycles. The maximum Gasteiger partial charge on any atom is 0.364 e. The van der Waals surface area contributed by atoms with Crippen molar-refractivity contribution in [2.75, 3.05) is 6.54 Å². The number of aliphatic carboxylic acids is 1. The van der Waals surface area contributed by atoms with Crippen molar-refractivity contribution in [2.24, 2.45) is 5.11 Å². The third kappa shape index (κ3) is 4.51. The van der Waals surface area contributed by atoms with Crippen LogP contribution in [0.5, 0.6) is 0 Å². The second kappa shape index (κ2) is 7.55. The van der Waals surface area contributed by atoms with Crippen molar-refractivity contribution in [1.29, 1.82) is 0 Å². The molecule has 0 aromatic rings. The fourth-order valence-corrected chi connectivity index (χ4v) is 2.26. The zero-order valence-electron chi connectivity index (χ0n) is 12.1. The SMILES string of the molecule is CC(=O)N[C@H]1[C@H]([C@H](O)[C@H](O)CN=[N+]=[N-])O[C@@](O)(C(=O)O)C[C@@H]1O. The van der Waals surface area contributed by atoms with Gasteiger partial charge in [0, 0.05) is 18.3 Å². The number of carboxylic acids is 1. The van der Waals surface area contributed by atoms with E-state index in [1.165, 1.54) is 0 Å². The number of nitrogens with zero attached hydrogens (tertiary/aromatic N) is 3. The van der Waals surface area contributed by atoms with Crippen LogP contribution in [-0.4, -0.2) is 80.2 Å². The molecule has 1 amide bonds. The summed E-state index contributed by atoms with van der Waals surface area (Å²) in [6, 6.07) is -1.29. The Kier molecular flexibility index (Phi) is 6.27. The molecule has 0 unspecified atom stereocenters. The third-order valence-corrected chi connectivity index (χ3v) is 3.35. The highest BCUT2D eigenvalue weighted by atomic mass is 16.7. The van der Waals surface area contributed by atoms with Crippen molar-refractivity contribution in [2.45, 2.75) is 49.6 Å². The molecule has 0 saturated carbocycles. The smallest absolute Gasteiger partial charge is 0.364 e. The number of ether oxygens (including phenoxy) is 1. The number of amides is 1. The van der Waals surface area contributed by atoms with Crippen molar-refractivity contribution < 1.29 is 39.9 Å². The van der Waals surface area contributed by atoms with E-state index in [9.17, 15) is 30.0 Å². The topological polar surface area (TPSA) is 205 Å². The predicted molar refractivity (Wildman–Crippen MR) is 71.7 cm³/mol. The van der Waals surface area contributed by atoms with Crippen LogP contribution in [0.15, 0.2) is 5.11 Å². The molecule has 23 heavy (non-hydrogen) atoms. The molecule has 1 aliphatic rings. The lowest BCUT2D eigenvalue weighted by Gasteiger charge is -2.44. The first-order valence-electron chi connectivity index (χ1n) is 6.58. The van der Waals surface area contributed by atoms with Crippen molar-refractivity contribution in [3.8, 4) is 0 Å². The summed E-state index contributed by atoms with van der Waals surface area (Å²) < 4.78 is 4.92.